The van der Waals surface area contributed by atoms with Crippen molar-refractivity contribution < 1.29 is 41.8 Å². The molecule has 35 heavy (non-hydrogen) atoms. The molecule has 2 aliphatic rings. The lowest BCUT2D eigenvalue weighted by Gasteiger charge is -2.31. The van der Waals surface area contributed by atoms with Crippen LogP contribution in [0.2, 0.25) is 0 Å². The number of amides is 2. The molecule has 0 radical (unpaired) electrons. The number of benzene rings is 2. The molecule has 2 amide bonds. The maximum Gasteiger partial charge on any atom is 0.416 e. The van der Waals surface area contributed by atoms with Crippen molar-refractivity contribution in [3.63, 3.8) is 0 Å². The lowest BCUT2D eigenvalue weighted by molar-refractivity contribution is -0.153. The summed E-state index contributed by atoms with van der Waals surface area (Å²) in [5.41, 5.74) is 0.132. The molecule has 1 fully saturated rings. The van der Waals surface area contributed by atoms with Gasteiger partial charge in [0.2, 0.25) is 6.79 Å². The van der Waals surface area contributed by atoms with Crippen LogP contribution in [0.25, 0.3) is 0 Å². The van der Waals surface area contributed by atoms with Gasteiger partial charge >= 0.3 is 12.1 Å². The van der Waals surface area contributed by atoms with Gasteiger partial charge in [-0.3, -0.25) is 14.4 Å². The minimum Gasteiger partial charge on any atom is -0.455 e. The average molecular weight is 492 g/mol. The highest BCUT2D eigenvalue weighted by molar-refractivity contribution is 5.94. The normalized spacial score (nSPS) is 15.6. The van der Waals surface area contributed by atoms with Crippen molar-refractivity contribution in [2.24, 2.45) is 5.92 Å². The number of fused-ring (bicyclic) bond motifs is 1. The van der Waals surface area contributed by atoms with Crippen LogP contribution in [-0.2, 0) is 27.0 Å². The summed E-state index contributed by atoms with van der Waals surface area (Å²) in [6.45, 7) is 0.487. The van der Waals surface area contributed by atoms with E-state index in [-0.39, 0.29) is 32.0 Å². The number of hydrogen-bond donors (Lipinski definition) is 1. The molecule has 0 atom stereocenters. The molecule has 8 nitrogen and oxygen atoms in total. The molecule has 11 heteroatoms. The number of nitrogens with zero attached hydrogens (tertiary/aromatic N) is 1. The van der Waals surface area contributed by atoms with Crippen LogP contribution in [0.15, 0.2) is 42.5 Å². The van der Waals surface area contributed by atoms with Gasteiger partial charge in [0, 0.05) is 25.2 Å². The summed E-state index contributed by atoms with van der Waals surface area (Å²) >= 11 is 0. The van der Waals surface area contributed by atoms with Crippen LogP contribution in [0.5, 0.6) is 11.5 Å². The molecule has 2 heterocycles. The number of halogens is 3. The van der Waals surface area contributed by atoms with Gasteiger partial charge in [0.25, 0.3) is 11.8 Å². The Morgan fingerprint density at radius 2 is 1.69 bits per heavy atom. The highest BCUT2D eigenvalue weighted by atomic mass is 19.4. The summed E-state index contributed by atoms with van der Waals surface area (Å²) < 4.78 is 53.7. The third kappa shape index (κ3) is 6.03. The minimum atomic E-state index is -4.47. The lowest BCUT2D eigenvalue weighted by atomic mass is 9.96. The summed E-state index contributed by atoms with van der Waals surface area (Å²) in [5, 5.41) is 2.67. The molecule has 4 rings (SSSR count). The first-order valence-electron chi connectivity index (χ1n) is 11.0. The fourth-order valence-electron chi connectivity index (χ4n) is 3.86. The number of rotatable bonds is 6. The van der Waals surface area contributed by atoms with E-state index in [0.29, 0.717) is 24.3 Å². The predicted molar refractivity (Wildman–Crippen MR) is 115 cm³/mol. The molecule has 0 saturated carbocycles. The standard InChI is InChI=1S/C24H23F3N2O6/c25-24(26,27)18-4-2-16(3-5-18)22(31)29-9-7-17(8-10-29)23(32)33-13-21(30)28-12-15-1-6-19-20(11-15)35-14-34-19/h1-6,11,17H,7-10,12-14H2,(H,28,30). The molecular weight excluding hydrogens is 469 g/mol. The second-order valence-corrected chi connectivity index (χ2v) is 8.21. The number of hydrogen-bond acceptors (Lipinski definition) is 6. The van der Waals surface area contributed by atoms with Crippen LogP contribution >= 0.6 is 0 Å². The Bertz CT molecular complexity index is 1100. The molecule has 186 valence electrons. The van der Waals surface area contributed by atoms with Gasteiger partial charge in [0.05, 0.1) is 11.5 Å². The quantitative estimate of drug-likeness (QED) is 0.623. The van der Waals surface area contributed by atoms with E-state index in [1.165, 1.54) is 4.90 Å². The van der Waals surface area contributed by atoms with E-state index in [2.05, 4.69) is 5.32 Å². The molecule has 0 aromatic heterocycles. The number of alkyl halides is 3. The van der Waals surface area contributed by atoms with Gasteiger partial charge in [-0.25, -0.2) is 0 Å². The highest BCUT2D eigenvalue weighted by Gasteiger charge is 2.32. The zero-order valence-corrected chi connectivity index (χ0v) is 18.6. The van der Waals surface area contributed by atoms with E-state index in [1.807, 2.05) is 0 Å². The molecule has 0 bridgehead atoms. The smallest absolute Gasteiger partial charge is 0.416 e. The SMILES string of the molecule is O=C(COC(=O)C1CCN(C(=O)c2ccc(C(F)(F)F)cc2)CC1)NCc1ccc2c(c1)OCO2. The monoisotopic (exact) mass is 492 g/mol. The van der Waals surface area contributed by atoms with Crippen LogP contribution < -0.4 is 14.8 Å². The number of piperidine rings is 1. The number of carbonyl (C=O) groups is 3. The summed E-state index contributed by atoms with van der Waals surface area (Å²) in [7, 11) is 0. The first kappa shape index (κ1) is 24.4. The number of esters is 1. The van der Waals surface area contributed by atoms with Crippen molar-refractivity contribution in [1.82, 2.24) is 10.2 Å². The first-order chi connectivity index (χ1) is 16.7. The number of ether oxygens (including phenoxy) is 3. The van der Waals surface area contributed by atoms with E-state index in [9.17, 15) is 27.6 Å². The highest BCUT2D eigenvalue weighted by Crippen LogP contribution is 2.32. The van der Waals surface area contributed by atoms with E-state index < -0.39 is 42.0 Å². The van der Waals surface area contributed by atoms with Gasteiger partial charge in [-0.1, -0.05) is 6.07 Å². The number of likely N-dealkylation sites (tertiary alicyclic amines) is 1. The van der Waals surface area contributed by atoms with Crippen LogP contribution in [-0.4, -0.2) is 49.2 Å². The summed E-state index contributed by atoms with van der Waals surface area (Å²) in [4.78, 5) is 38.4. The fraction of sp³-hybridized carbons (Fsp3) is 0.375. The van der Waals surface area contributed by atoms with Crippen molar-refractivity contribution in [3.8, 4) is 11.5 Å². The van der Waals surface area contributed by atoms with Gasteiger partial charge in [-0.05, 0) is 54.8 Å². The van der Waals surface area contributed by atoms with E-state index >= 15 is 0 Å². The van der Waals surface area contributed by atoms with Gasteiger partial charge in [-0.2, -0.15) is 13.2 Å². The van der Waals surface area contributed by atoms with Gasteiger partial charge in [0.15, 0.2) is 18.1 Å². The molecule has 0 aliphatic carbocycles. The van der Waals surface area contributed by atoms with Gasteiger partial charge in [-0.15, -0.1) is 0 Å². The van der Waals surface area contributed by atoms with Crippen molar-refractivity contribution in [2.45, 2.75) is 25.6 Å². The largest absolute Gasteiger partial charge is 0.455 e. The third-order valence-electron chi connectivity index (χ3n) is 5.85. The fourth-order valence-corrected chi connectivity index (χ4v) is 3.86. The Morgan fingerprint density at radius 1 is 1.00 bits per heavy atom. The zero-order valence-electron chi connectivity index (χ0n) is 18.6. The van der Waals surface area contributed by atoms with E-state index in [1.54, 1.807) is 18.2 Å². The molecule has 1 N–H and O–H groups in total. The van der Waals surface area contributed by atoms with Crippen molar-refractivity contribution in [2.75, 3.05) is 26.5 Å². The zero-order chi connectivity index (χ0) is 25.0. The van der Waals surface area contributed by atoms with Crippen LogP contribution in [0.1, 0.15) is 34.3 Å². The molecular formula is C24H23F3N2O6. The Kier molecular flexibility index (Phi) is 7.13. The van der Waals surface area contributed by atoms with Crippen LogP contribution in [0.3, 0.4) is 0 Å². The number of nitrogens with one attached hydrogen (secondary N) is 1. The molecule has 0 unspecified atom stereocenters. The first-order valence-corrected chi connectivity index (χ1v) is 11.0. The minimum absolute atomic E-state index is 0.151. The Hall–Kier alpha value is -3.76. The predicted octanol–water partition coefficient (Wildman–Crippen LogP) is 3.15. The second-order valence-electron chi connectivity index (χ2n) is 8.21. The van der Waals surface area contributed by atoms with Crippen molar-refractivity contribution in [3.05, 3.63) is 59.2 Å². The lowest BCUT2D eigenvalue weighted by Crippen LogP contribution is -2.41. The van der Waals surface area contributed by atoms with E-state index in [0.717, 1.165) is 29.8 Å². The maximum atomic E-state index is 12.7. The van der Waals surface area contributed by atoms with Gasteiger partial charge in [0.1, 0.15) is 0 Å². The van der Waals surface area contributed by atoms with Crippen LogP contribution in [0.4, 0.5) is 13.2 Å². The molecule has 0 spiro atoms. The van der Waals surface area contributed by atoms with Gasteiger partial charge < -0.3 is 24.4 Å². The summed E-state index contributed by atoms with van der Waals surface area (Å²) in [6, 6.07) is 9.33. The second kappa shape index (κ2) is 10.2. The van der Waals surface area contributed by atoms with E-state index in [4.69, 9.17) is 14.2 Å². The van der Waals surface area contributed by atoms with Crippen LogP contribution in [0, 0.1) is 5.92 Å². The van der Waals surface area contributed by atoms with Crippen molar-refractivity contribution in [1.29, 1.82) is 0 Å². The Morgan fingerprint density at radius 3 is 2.37 bits per heavy atom. The molecule has 2 aromatic rings. The number of carbonyl (C=O) groups excluding carboxylic acids is 3. The third-order valence-corrected chi connectivity index (χ3v) is 5.85. The average Bonchev–Trinajstić information content (AvgIpc) is 3.33. The summed E-state index contributed by atoms with van der Waals surface area (Å²) in [5.74, 6) is -0.593. The molecule has 1 saturated heterocycles. The summed E-state index contributed by atoms with van der Waals surface area (Å²) in [6.07, 6.45) is -3.79. The molecule has 2 aliphatic heterocycles. The van der Waals surface area contributed by atoms with Crippen molar-refractivity contribution >= 4 is 17.8 Å². The Balaban J connectivity index is 1.18. The molecule has 2 aromatic carbocycles. The maximum absolute atomic E-state index is 12.7. The topological polar surface area (TPSA) is 94.2 Å². The Labute approximate surface area is 198 Å².